The minimum absolute atomic E-state index is 0. The lowest BCUT2D eigenvalue weighted by Crippen LogP contribution is -2.41. The molecule has 0 radical (unpaired) electrons. The maximum Gasteiger partial charge on any atom is 0.522 e. The number of alkyl halides is 3. The van der Waals surface area contributed by atoms with Crippen molar-refractivity contribution in [3.05, 3.63) is 0 Å². The van der Waals surface area contributed by atoms with Crippen molar-refractivity contribution in [2.45, 2.75) is 31.9 Å². The minimum atomic E-state index is -4.64. The third-order valence-electron chi connectivity index (χ3n) is 2.15. The van der Waals surface area contributed by atoms with E-state index in [0.29, 0.717) is 0 Å². The number of nitrogens with zero attached hydrogens (tertiary/aromatic N) is 1. The topological polar surface area (TPSA) is 55.6 Å². The van der Waals surface area contributed by atoms with Crippen molar-refractivity contribution in [1.82, 2.24) is 4.90 Å². The second-order valence-corrected chi connectivity index (χ2v) is 3.55. The Morgan fingerprint density at radius 1 is 1.56 bits per heavy atom. The van der Waals surface area contributed by atoms with Crippen LogP contribution in [0.3, 0.4) is 0 Å². The van der Waals surface area contributed by atoms with Crippen LogP contribution >= 0.6 is 12.4 Å². The molecule has 1 heterocycles. The molecule has 1 rings (SSSR count). The van der Waals surface area contributed by atoms with Gasteiger partial charge in [0.2, 0.25) is 5.91 Å². The zero-order valence-electron chi connectivity index (χ0n) is 8.66. The molecule has 1 fully saturated rings. The molecule has 1 aliphatic rings. The lowest BCUT2D eigenvalue weighted by molar-refractivity contribution is -0.340. The molecule has 96 valence electrons. The molecule has 1 amide bonds. The number of halogens is 4. The first-order chi connectivity index (χ1) is 6.79. The number of carbonyl (C=O) groups is 1. The van der Waals surface area contributed by atoms with Crippen molar-refractivity contribution >= 4 is 18.3 Å². The van der Waals surface area contributed by atoms with Gasteiger partial charge in [0.25, 0.3) is 0 Å². The van der Waals surface area contributed by atoms with E-state index in [1.807, 2.05) is 0 Å². The van der Waals surface area contributed by atoms with Crippen molar-refractivity contribution in [1.29, 1.82) is 0 Å². The van der Waals surface area contributed by atoms with Gasteiger partial charge in [0.15, 0.2) is 0 Å². The molecule has 1 aliphatic heterocycles. The maximum atomic E-state index is 11.8. The van der Waals surface area contributed by atoms with Crippen LogP contribution < -0.4 is 5.73 Å². The van der Waals surface area contributed by atoms with Crippen molar-refractivity contribution in [3.8, 4) is 0 Å². The van der Waals surface area contributed by atoms with Gasteiger partial charge >= 0.3 is 6.36 Å². The highest BCUT2D eigenvalue weighted by Crippen LogP contribution is 2.23. The van der Waals surface area contributed by atoms with Gasteiger partial charge in [-0.1, -0.05) is 0 Å². The summed E-state index contributed by atoms with van der Waals surface area (Å²) in [6, 6.07) is -0.686. The number of nitrogens with two attached hydrogens (primary N) is 1. The summed E-state index contributed by atoms with van der Waals surface area (Å²) in [6.07, 6.45) is -5.41. The van der Waals surface area contributed by atoms with Crippen molar-refractivity contribution < 1.29 is 22.7 Å². The van der Waals surface area contributed by atoms with Crippen LogP contribution in [0.1, 0.15) is 13.3 Å². The fourth-order valence-electron chi connectivity index (χ4n) is 1.50. The Balaban J connectivity index is 0.00000225. The third-order valence-corrected chi connectivity index (χ3v) is 2.15. The van der Waals surface area contributed by atoms with Crippen molar-refractivity contribution in [3.63, 3.8) is 0 Å². The highest BCUT2D eigenvalue weighted by molar-refractivity contribution is 5.85. The average molecular weight is 263 g/mol. The lowest BCUT2D eigenvalue weighted by Gasteiger charge is -2.19. The largest absolute Gasteiger partial charge is 0.522 e. The number of hydrogen-bond donors (Lipinski definition) is 1. The van der Waals surface area contributed by atoms with Crippen LogP contribution in [0.15, 0.2) is 0 Å². The van der Waals surface area contributed by atoms with Crippen LogP contribution in [-0.4, -0.2) is 42.4 Å². The molecule has 2 atom stereocenters. The van der Waals surface area contributed by atoms with Gasteiger partial charge < -0.3 is 10.6 Å². The predicted octanol–water partition coefficient (Wildman–Crippen LogP) is 0.893. The molecule has 0 aliphatic carbocycles. The summed E-state index contributed by atoms with van der Waals surface area (Å²) in [4.78, 5) is 12.6. The molecule has 0 aromatic rings. The summed E-state index contributed by atoms with van der Waals surface area (Å²) in [5, 5.41) is 0. The second kappa shape index (κ2) is 5.70. The number of hydrogen-bond acceptors (Lipinski definition) is 3. The Bertz CT molecular complexity index is 248. The molecule has 0 aromatic heterocycles. The summed E-state index contributed by atoms with van der Waals surface area (Å²) < 4.78 is 39.4. The van der Waals surface area contributed by atoms with Crippen LogP contribution in [0.2, 0.25) is 0 Å². The van der Waals surface area contributed by atoms with E-state index in [0.717, 1.165) is 0 Å². The summed E-state index contributed by atoms with van der Waals surface area (Å²) in [5.74, 6) is -0.344. The smallest absolute Gasteiger partial charge is 0.339 e. The molecule has 8 heteroatoms. The molecule has 0 spiro atoms. The van der Waals surface area contributed by atoms with E-state index in [1.54, 1.807) is 0 Å². The SMILES string of the molecule is C[C@@H](N)C(=O)N1CCC(OC(F)(F)F)C1.Cl. The summed E-state index contributed by atoms with van der Waals surface area (Å²) in [7, 11) is 0. The van der Waals surface area contributed by atoms with E-state index in [-0.39, 0.29) is 37.8 Å². The first-order valence-corrected chi connectivity index (χ1v) is 4.58. The first-order valence-electron chi connectivity index (χ1n) is 4.58. The van der Waals surface area contributed by atoms with Crippen molar-refractivity contribution in [2.24, 2.45) is 5.73 Å². The second-order valence-electron chi connectivity index (χ2n) is 3.55. The molecule has 1 unspecified atom stereocenters. The molecule has 16 heavy (non-hydrogen) atoms. The Kier molecular flexibility index (Phi) is 5.51. The zero-order valence-corrected chi connectivity index (χ0v) is 9.48. The Labute approximate surface area is 97.3 Å². The van der Waals surface area contributed by atoms with E-state index in [4.69, 9.17) is 5.73 Å². The van der Waals surface area contributed by atoms with Crippen LogP contribution in [-0.2, 0) is 9.53 Å². The standard InChI is InChI=1S/C8H13F3N2O2.ClH/c1-5(12)7(14)13-3-2-6(4-13)15-8(9,10)11;/h5-6H,2-4,12H2,1H3;1H/t5-,6?;/m1./s1. The van der Waals surface area contributed by atoms with Crippen molar-refractivity contribution in [2.75, 3.05) is 13.1 Å². The van der Waals surface area contributed by atoms with Gasteiger partial charge in [-0.2, -0.15) is 0 Å². The first kappa shape index (κ1) is 15.5. The summed E-state index contributed by atoms with van der Waals surface area (Å²) >= 11 is 0. The van der Waals surface area contributed by atoms with Gasteiger partial charge in [0.05, 0.1) is 12.1 Å². The Morgan fingerprint density at radius 2 is 2.12 bits per heavy atom. The quantitative estimate of drug-likeness (QED) is 0.804. The summed E-state index contributed by atoms with van der Waals surface area (Å²) in [6.45, 7) is 1.72. The van der Waals surface area contributed by atoms with E-state index >= 15 is 0 Å². The monoisotopic (exact) mass is 262 g/mol. The van der Waals surface area contributed by atoms with Crippen LogP contribution in [0.5, 0.6) is 0 Å². The number of amides is 1. The molecular formula is C8H14ClF3N2O2. The highest BCUT2D eigenvalue weighted by atomic mass is 35.5. The minimum Gasteiger partial charge on any atom is -0.339 e. The van der Waals surface area contributed by atoms with Gasteiger partial charge in [-0.15, -0.1) is 25.6 Å². The summed E-state index contributed by atoms with van der Waals surface area (Å²) in [5.41, 5.74) is 5.33. The number of rotatable bonds is 2. The lowest BCUT2D eigenvalue weighted by atomic mass is 10.3. The van der Waals surface area contributed by atoms with E-state index in [2.05, 4.69) is 4.74 Å². The van der Waals surface area contributed by atoms with Gasteiger partial charge in [0, 0.05) is 13.1 Å². The highest BCUT2D eigenvalue weighted by Gasteiger charge is 2.37. The van der Waals surface area contributed by atoms with Crippen LogP contribution in [0, 0.1) is 0 Å². The van der Waals surface area contributed by atoms with Crippen LogP contribution in [0.25, 0.3) is 0 Å². The Morgan fingerprint density at radius 3 is 2.56 bits per heavy atom. The fraction of sp³-hybridized carbons (Fsp3) is 0.875. The predicted molar refractivity (Wildman–Crippen MR) is 53.0 cm³/mol. The molecule has 2 N–H and O–H groups in total. The third kappa shape index (κ3) is 4.54. The van der Waals surface area contributed by atoms with E-state index < -0.39 is 18.5 Å². The van der Waals surface area contributed by atoms with Gasteiger partial charge in [-0.05, 0) is 13.3 Å². The average Bonchev–Trinajstić information content (AvgIpc) is 2.48. The normalized spacial score (nSPS) is 22.8. The number of ether oxygens (including phenoxy) is 1. The molecule has 0 bridgehead atoms. The molecule has 0 saturated carbocycles. The molecule has 4 nitrogen and oxygen atoms in total. The maximum absolute atomic E-state index is 11.8. The van der Waals surface area contributed by atoms with Gasteiger partial charge in [-0.25, -0.2) is 0 Å². The molecule has 0 aromatic carbocycles. The van der Waals surface area contributed by atoms with Gasteiger partial charge in [0.1, 0.15) is 0 Å². The zero-order chi connectivity index (χ0) is 11.6. The molecular weight excluding hydrogens is 249 g/mol. The number of likely N-dealkylation sites (tertiary alicyclic amines) is 1. The molecule has 1 saturated heterocycles. The Hall–Kier alpha value is -0.530. The fourth-order valence-corrected chi connectivity index (χ4v) is 1.50. The van der Waals surface area contributed by atoms with E-state index in [9.17, 15) is 18.0 Å². The van der Waals surface area contributed by atoms with Gasteiger partial charge in [-0.3, -0.25) is 9.53 Å². The van der Waals surface area contributed by atoms with Crippen LogP contribution in [0.4, 0.5) is 13.2 Å². The number of carbonyl (C=O) groups excluding carboxylic acids is 1. The van der Waals surface area contributed by atoms with E-state index in [1.165, 1.54) is 11.8 Å².